The minimum Gasteiger partial charge on any atom is -0.487 e. The van der Waals surface area contributed by atoms with E-state index in [1.54, 1.807) is 42.8 Å². The molecule has 0 radical (unpaired) electrons. The summed E-state index contributed by atoms with van der Waals surface area (Å²) in [5.41, 5.74) is 1.50. The van der Waals surface area contributed by atoms with Crippen LogP contribution in [-0.4, -0.2) is 25.3 Å². The van der Waals surface area contributed by atoms with Gasteiger partial charge in [-0.05, 0) is 42.0 Å². The smallest absolute Gasteiger partial charge is 0.138 e. The number of benzene rings is 2. The molecule has 0 bridgehead atoms. The van der Waals surface area contributed by atoms with Crippen molar-refractivity contribution in [3.8, 4) is 5.75 Å². The Bertz CT molecular complexity index is 818. The second-order valence-electron chi connectivity index (χ2n) is 5.68. The predicted octanol–water partition coefficient (Wildman–Crippen LogP) is 5.09. The van der Waals surface area contributed by atoms with Crippen LogP contribution in [0.25, 0.3) is 0 Å². The van der Waals surface area contributed by atoms with Crippen LogP contribution in [0.2, 0.25) is 5.02 Å². The molecule has 0 atom stereocenters. The number of nitrogens with zero attached hydrogens (tertiary/aromatic N) is 2. The molecule has 2 rings (SSSR count). The van der Waals surface area contributed by atoms with Crippen molar-refractivity contribution in [2.24, 2.45) is 4.99 Å². The molecule has 0 unspecified atom stereocenters. The molecule has 0 heterocycles. The molecule has 0 fully saturated rings. The Balaban J connectivity index is 2.06. The summed E-state index contributed by atoms with van der Waals surface area (Å²) in [6.07, 6.45) is 5.08. The van der Waals surface area contributed by atoms with Crippen molar-refractivity contribution in [1.29, 1.82) is 0 Å². The Morgan fingerprint density at radius 2 is 2.12 bits per heavy atom. The molecule has 6 heteroatoms. The topological polar surface area (TPSA) is 36.9 Å². The lowest BCUT2D eigenvalue weighted by molar-refractivity contribution is 0.306. The maximum Gasteiger partial charge on any atom is 0.138 e. The molecule has 0 aliphatic carbocycles. The van der Waals surface area contributed by atoms with E-state index in [1.165, 1.54) is 12.1 Å². The van der Waals surface area contributed by atoms with Crippen LogP contribution in [0.4, 0.5) is 10.1 Å². The van der Waals surface area contributed by atoms with Crippen LogP contribution in [0.15, 0.2) is 72.0 Å². The van der Waals surface area contributed by atoms with Crippen LogP contribution in [0, 0.1) is 5.82 Å². The second kappa shape index (κ2) is 9.63. The van der Waals surface area contributed by atoms with Crippen molar-refractivity contribution in [2.45, 2.75) is 6.61 Å². The molecule has 2 aromatic rings. The Kier molecular flexibility index (Phi) is 7.24. The number of allylic oxidation sites excluding steroid dienone is 2. The summed E-state index contributed by atoms with van der Waals surface area (Å²) in [6.45, 7) is 3.92. The molecule has 0 spiro atoms. The quantitative estimate of drug-likeness (QED) is 0.398. The molecule has 26 heavy (non-hydrogen) atoms. The molecule has 0 aliphatic rings. The zero-order chi connectivity index (χ0) is 18.9. The lowest BCUT2D eigenvalue weighted by Gasteiger charge is -2.12. The molecule has 2 aromatic carbocycles. The van der Waals surface area contributed by atoms with Gasteiger partial charge in [-0.3, -0.25) is 0 Å². The number of anilines is 1. The van der Waals surface area contributed by atoms with Crippen molar-refractivity contribution < 1.29 is 9.13 Å². The first-order valence-electron chi connectivity index (χ1n) is 7.95. The van der Waals surface area contributed by atoms with Gasteiger partial charge < -0.3 is 15.0 Å². The number of aliphatic imine (C=N–C) groups is 1. The van der Waals surface area contributed by atoms with Gasteiger partial charge in [0.05, 0.1) is 11.4 Å². The fourth-order valence-corrected chi connectivity index (χ4v) is 2.27. The van der Waals surface area contributed by atoms with Crippen LogP contribution in [0.1, 0.15) is 5.56 Å². The number of hydrogen-bond acceptors (Lipinski definition) is 3. The van der Waals surface area contributed by atoms with E-state index in [2.05, 4.69) is 16.9 Å². The van der Waals surface area contributed by atoms with Crippen molar-refractivity contribution >= 4 is 23.6 Å². The Morgan fingerprint density at radius 3 is 2.77 bits per heavy atom. The standard InChI is InChI=1S/C20H21ClFN3O/c1-4-6-20(23-14-25(2)3)24-17-9-10-19(18(21)12-17)26-13-15-7-5-8-16(22)11-15/h4-12,14,24H,1,13H2,2-3H3/b20-6-,23-14-. The van der Waals surface area contributed by atoms with Gasteiger partial charge >= 0.3 is 0 Å². The predicted molar refractivity (Wildman–Crippen MR) is 106 cm³/mol. The highest BCUT2D eigenvalue weighted by molar-refractivity contribution is 6.32. The summed E-state index contributed by atoms with van der Waals surface area (Å²) in [4.78, 5) is 6.14. The molecule has 136 valence electrons. The summed E-state index contributed by atoms with van der Waals surface area (Å²) in [6, 6.07) is 11.6. The number of halogens is 2. The Hall–Kier alpha value is -2.79. The van der Waals surface area contributed by atoms with E-state index in [1.807, 2.05) is 25.1 Å². The van der Waals surface area contributed by atoms with Crippen molar-refractivity contribution in [3.05, 3.63) is 83.4 Å². The minimum atomic E-state index is -0.295. The van der Waals surface area contributed by atoms with Crippen LogP contribution < -0.4 is 10.1 Å². The summed E-state index contributed by atoms with van der Waals surface area (Å²) >= 11 is 6.29. The first-order valence-corrected chi connectivity index (χ1v) is 8.33. The van der Waals surface area contributed by atoms with Crippen LogP contribution >= 0.6 is 11.6 Å². The Labute approximate surface area is 158 Å². The SMILES string of the molecule is C=C/C=C(/N=C\N(C)C)Nc1ccc(OCc2cccc(F)c2)c(Cl)c1. The normalized spacial score (nSPS) is 11.5. The molecule has 0 amide bonds. The zero-order valence-electron chi connectivity index (χ0n) is 14.7. The average Bonchev–Trinajstić information content (AvgIpc) is 2.59. The fourth-order valence-electron chi connectivity index (χ4n) is 2.04. The van der Waals surface area contributed by atoms with E-state index in [0.29, 0.717) is 16.6 Å². The van der Waals surface area contributed by atoms with Crippen molar-refractivity contribution in [3.63, 3.8) is 0 Å². The highest BCUT2D eigenvalue weighted by Gasteiger charge is 2.05. The third-order valence-corrected chi connectivity index (χ3v) is 3.49. The van der Waals surface area contributed by atoms with E-state index < -0.39 is 0 Å². The number of rotatable bonds is 8. The van der Waals surface area contributed by atoms with Gasteiger partial charge in [0.1, 0.15) is 24.0 Å². The second-order valence-corrected chi connectivity index (χ2v) is 6.09. The number of ether oxygens (including phenoxy) is 1. The van der Waals surface area contributed by atoms with E-state index in [0.717, 1.165) is 11.3 Å². The van der Waals surface area contributed by atoms with Gasteiger partial charge in [-0.2, -0.15) is 0 Å². The van der Waals surface area contributed by atoms with Gasteiger partial charge in [0.2, 0.25) is 0 Å². The lowest BCUT2D eigenvalue weighted by Crippen LogP contribution is -2.09. The fraction of sp³-hybridized carbons (Fsp3) is 0.150. The molecule has 1 N–H and O–H groups in total. The van der Waals surface area contributed by atoms with E-state index >= 15 is 0 Å². The van der Waals surface area contributed by atoms with E-state index in [-0.39, 0.29) is 12.4 Å². The van der Waals surface area contributed by atoms with E-state index in [9.17, 15) is 4.39 Å². The lowest BCUT2D eigenvalue weighted by atomic mass is 10.2. The monoisotopic (exact) mass is 373 g/mol. The van der Waals surface area contributed by atoms with Gasteiger partial charge in [-0.1, -0.05) is 36.4 Å². The summed E-state index contributed by atoms with van der Waals surface area (Å²) < 4.78 is 18.9. The first kappa shape index (κ1) is 19.5. The molecular formula is C20H21ClFN3O. The average molecular weight is 374 g/mol. The van der Waals surface area contributed by atoms with Crippen molar-refractivity contribution in [1.82, 2.24) is 4.90 Å². The van der Waals surface area contributed by atoms with Gasteiger partial charge in [0.25, 0.3) is 0 Å². The minimum absolute atomic E-state index is 0.235. The molecule has 4 nitrogen and oxygen atoms in total. The van der Waals surface area contributed by atoms with Crippen LogP contribution in [-0.2, 0) is 6.61 Å². The maximum atomic E-state index is 13.2. The molecule has 0 aliphatic heterocycles. The number of nitrogens with one attached hydrogen (secondary N) is 1. The van der Waals surface area contributed by atoms with Gasteiger partial charge in [-0.25, -0.2) is 9.38 Å². The Morgan fingerprint density at radius 1 is 1.31 bits per heavy atom. The summed E-state index contributed by atoms with van der Waals surface area (Å²) in [5, 5.41) is 3.61. The molecule has 0 saturated carbocycles. The maximum absolute atomic E-state index is 13.2. The first-order chi connectivity index (χ1) is 12.5. The van der Waals surface area contributed by atoms with Crippen LogP contribution in [0.3, 0.4) is 0 Å². The largest absolute Gasteiger partial charge is 0.487 e. The highest BCUT2D eigenvalue weighted by Crippen LogP contribution is 2.29. The van der Waals surface area contributed by atoms with Gasteiger partial charge in [-0.15, -0.1) is 0 Å². The third-order valence-electron chi connectivity index (χ3n) is 3.19. The molecule has 0 aromatic heterocycles. The summed E-state index contributed by atoms with van der Waals surface area (Å²) in [7, 11) is 3.77. The molecule has 0 saturated heterocycles. The third kappa shape index (κ3) is 6.26. The van der Waals surface area contributed by atoms with E-state index in [4.69, 9.17) is 16.3 Å². The van der Waals surface area contributed by atoms with Gasteiger partial charge in [0, 0.05) is 19.8 Å². The van der Waals surface area contributed by atoms with Crippen LogP contribution in [0.5, 0.6) is 5.75 Å². The number of hydrogen-bond donors (Lipinski definition) is 1. The highest BCUT2D eigenvalue weighted by atomic mass is 35.5. The van der Waals surface area contributed by atoms with Crippen molar-refractivity contribution in [2.75, 3.05) is 19.4 Å². The van der Waals surface area contributed by atoms with Gasteiger partial charge in [0.15, 0.2) is 0 Å². The zero-order valence-corrected chi connectivity index (χ0v) is 15.5. The summed E-state index contributed by atoms with van der Waals surface area (Å²) in [5.74, 6) is 0.849. The molecular weight excluding hydrogens is 353 g/mol.